The fourth-order valence-electron chi connectivity index (χ4n) is 0. The third-order valence-corrected chi connectivity index (χ3v) is 0.0825. The molecule has 0 nitrogen and oxygen atoms in total. The van der Waals surface area contributed by atoms with Crippen molar-refractivity contribution in [2.75, 3.05) is 0 Å². The first kappa shape index (κ1) is 10.2. The summed E-state index contributed by atoms with van der Waals surface area (Å²) in [5.41, 5.74) is 0. The van der Waals surface area contributed by atoms with Crippen LogP contribution in [0.4, 0.5) is 13.2 Å². The molecule has 0 aliphatic heterocycles. The minimum Gasteiger partial charge on any atom is -0.210 e. The van der Waals surface area contributed by atoms with E-state index in [1.807, 2.05) is 0 Å². The average molecular weight is 121 g/mol. The standard InChI is InChI=1S/C2HF3.K/c3-1-2(4)5;/h1H;. The van der Waals surface area contributed by atoms with Gasteiger partial charge in [0.2, 0.25) is 0 Å². The van der Waals surface area contributed by atoms with E-state index in [0.717, 1.165) is 0 Å². The molecule has 0 spiro atoms. The Labute approximate surface area is 75.8 Å². The first-order valence-electron chi connectivity index (χ1n) is 0.885. The van der Waals surface area contributed by atoms with E-state index in [4.69, 9.17) is 0 Å². The second-order valence-electron chi connectivity index (χ2n) is 0.399. The zero-order valence-electron chi connectivity index (χ0n) is 3.21. The van der Waals surface area contributed by atoms with Crippen LogP contribution in [0.25, 0.3) is 0 Å². The van der Waals surface area contributed by atoms with Crippen LogP contribution in [0.2, 0.25) is 0 Å². The molecule has 31 valence electrons. The molecule has 0 bridgehead atoms. The molecular weight excluding hydrogens is 120 g/mol. The van der Waals surface area contributed by atoms with E-state index < -0.39 is 12.4 Å². The first-order chi connectivity index (χ1) is 2.27. The Hall–Kier alpha value is 1.17. The number of hydrogen-bond acceptors (Lipinski definition) is 0. The van der Waals surface area contributed by atoms with Crippen LogP contribution in [-0.2, 0) is 0 Å². The summed E-state index contributed by atoms with van der Waals surface area (Å²) in [6, 6.07) is 0. The number of halogens is 3. The molecule has 0 atom stereocenters. The van der Waals surface area contributed by atoms with E-state index in [9.17, 15) is 13.2 Å². The van der Waals surface area contributed by atoms with Gasteiger partial charge in [-0.05, 0) is 0 Å². The van der Waals surface area contributed by atoms with Crippen LogP contribution >= 0.6 is 0 Å². The Bertz CT molecular complexity index is 46.8. The van der Waals surface area contributed by atoms with Crippen LogP contribution < -0.4 is 0 Å². The molecule has 0 unspecified atom stereocenters. The summed E-state index contributed by atoms with van der Waals surface area (Å²) in [6.45, 7) is 0. The van der Waals surface area contributed by atoms with Crippen molar-refractivity contribution in [2.45, 2.75) is 0 Å². The summed E-state index contributed by atoms with van der Waals surface area (Å²) in [6.07, 6.45) is -3.04. The summed E-state index contributed by atoms with van der Waals surface area (Å²) >= 11 is 0. The van der Waals surface area contributed by atoms with E-state index in [0.29, 0.717) is 0 Å². The molecule has 0 aromatic heterocycles. The van der Waals surface area contributed by atoms with Crippen molar-refractivity contribution in [3.05, 3.63) is 12.4 Å². The SMILES string of the molecule is FC=C(F)F.[K]. The Balaban J connectivity index is 0. The van der Waals surface area contributed by atoms with Gasteiger partial charge in [-0.1, -0.05) is 0 Å². The van der Waals surface area contributed by atoms with Crippen LogP contribution in [0, 0.1) is 0 Å². The fourth-order valence-corrected chi connectivity index (χ4v) is 0. The summed E-state index contributed by atoms with van der Waals surface area (Å²) in [5.74, 6) is 0. The zero-order valence-corrected chi connectivity index (χ0v) is 6.33. The fraction of sp³-hybridized carbons (Fsp3) is 0. The summed E-state index contributed by atoms with van der Waals surface area (Å²) < 4.78 is 30.7. The van der Waals surface area contributed by atoms with E-state index >= 15 is 0 Å². The molecule has 0 aromatic rings. The van der Waals surface area contributed by atoms with Gasteiger partial charge in [-0.25, -0.2) is 4.39 Å². The molecule has 0 saturated heterocycles. The Morgan fingerprint density at radius 1 is 1.33 bits per heavy atom. The maximum atomic E-state index is 10.2. The molecular formula is C2HF3K. The monoisotopic (exact) mass is 121 g/mol. The van der Waals surface area contributed by atoms with Crippen LogP contribution in [-0.4, -0.2) is 51.4 Å². The molecule has 0 aliphatic rings. The van der Waals surface area contributed by atoms with E-state index in [2.05, 4.69) is 0 Å². The smallest absolute Gasteiger partial charge is 0.210 e. The Morgan fingerprint density at radius 3 is 1.50 bits per heavy atom. The van der Waals surface area contributed by atoms with Crippen LogP contribution in [0.3, 0.4) is 0 Å². The predicted molar refractivity (Wildman–Crippen MR) is 17.2 cm³/mol. The number of hydrogen-bond donors (Lipinski definition) is 0. The maximum Gasteiger partial charge on any atom is 0.298 e. The maximum absolute atomic E-state index is 10.2. The summed E-state index contributed by atoms with van der Waals surface area (Å²) in [4.78, 5) is 0. The third kappa shape index (κ3) is 8.94. The normalized spacial score (nSPS) is 5.83. The van der Waals surface area contributed by atoms with Crippen molar-refractivity contribution in [1.82, 2.24) is 0 Å². The quantitative estimate of drug-likeness (QED) is 0.424. The molecule has 0 heterocycles. The molecule has 0 fully saturated rings. The van der Waals surface area contributed by atoms with Gasteiger partial charge in [0.15, 0.2) is 6.33 Å². The van der Waals surface area contributed by atoms with Crippen LogP contribution in [0.5, 0.6) is 0 Å². The van der Waals surface area contributed by atoms with Gasteiger partial charge in [0, 0.05) is 51.4 Å². The van der Waals surface area contributed by atoms with Gasteiger partial charge in [-0.2, -0.15) is 8.78 Å². The molecule has 0 N–H and O–H groups in total. The van der Waals surface area contributed by atoms with Crippen molar-refractivity contribution < 1.29 is 13.2 Å². The molecule has 4 heteroatoms. The van der Waals surface area contributed by atoms with E-state index in [1.165, 1.54) is 0 Å². The molecule has 0 aromatic carbocycles. The van der Waals surface area contributed by atoms with Gasteiger partial charge in [0.1, 0.15) is 0 Å². The minimum atomic E-state index is -2.29. The van der Waals surface area contributed by atoms with Gasteiger partial charge in [0.25, 0.3) is 6.08 Å². The van der Waals surface area contributed by atoms with E-state index in [-0.39, 0.29) is 51.4 Å². The van der Waals surface area contributed by atoms with Crippen molar-refractivity contribution >= 4 is 51.4 Å². The molecule has 1 radical (unpaired) electrons. The molecule has 0 rings (SSSR count). The zero-order chi connectivity index (χ0) is 4.28. The van der Waals surface area contributed by atoms with Gasteiger partial charge in [-0.15, -0.1) is 0 Å². The average Bonchev–Trinajstić information content (AvgIpc) is 1.38. The van der Waals surface area contributed by atoms with E-state index in [1.54, 1.807) is 0 Å². The van der Waals surface area contributed by atoms with Gasteiger partial charge in [-0.3, -0.25) is 0 Å². The largest absolute Gasteiger partial charge is 0.298 e. The minimum absolute atomic E-state index is 0. The summed E-state index contributed by atoms with van der Waals surface area (Å²) in [7, 11) is 0. The van der Waals surface area contributed by atoms with Crippen molar-refractivity contribution in [2.24, 2.45) is 0 Å². The predicted octanol–water partition coefficient (Wildman–Crippen LogP) is 1.31. The summed E-state index contributed by atoms with van der Waals surface area (Å²) in [5, 5.41) is 0. The molecule has 0 saturated carbocycles. The Kier molecular flexibility index (Phi) is 10.5. The third-order valence-electron chi connectivity index (χ3n) is 0.0825. The van der Waals surface area contributed by atoms with Gasteiger partial charge >= 0.3 is 0 Å². The molecule has 0 aliphatic carbocycles. The number of rotatable bonds is 0. The van der Waals surface area contributed by atoms with Gasteiger partial charge in [0.05, 0.1) is 0 Å². The van der Waals surface area contributed by atoms with Gasteiger partial charge < -0.3 is 0 Å². The molecule has 6 heavy (non-hydrogen) atoms. The topological polar surface area (TPSA) is 0 Å². The van der Waals surface area contributed by atoms with Crippen LogP contribution in [0.15, 0.2) is 12.4 Å². The molecule has 0 amide bonds. The Morgan fingerprint density at radius 2 is 1.50 bits per heavy atom. The van der Waals surface area contributed by atoms with Crippen molar-refractivity contribution in [3.63, 3.8) is 0 Å². The second-order valence-corrected chi connectivity index (χ2v) is 0.399. The first-order valence-corrected chi connectivity index (χ1v) is 0.885. The van der Waals surface area contributed by atoms with Crippen molar-refractivity contribution in [3.8, 4) is 0 Å². The van der Waals surface area contributed by atoms with Crippen LogP contribution in [0.1, 0.15) is 0 Å². The van der Waals surface area contributed by atoms with Crippen molar-refractivity contribution in [1.29, 1.82) is 0 Å². The second kappa shape index (κ2) is 6.17.